The number of nitrogens with one attached hydrogen (secondary N) is 2. The lowest BCUT2D eigenvalue weighted by molar-refractivity contribution is -0.129. The molecule has 0 saturated heterocycles. The van der Waals surface area contributed by atoms with Crippen molar-refractivity contribution in [3.05, 3.63) is 0 Å². The number of ketones is 2. The van der Waals surface area contributed by atoms with Crippen molar-refractivity contribution >= 4 is 30.0 Å². The third-order valence-electron chi connectivity index (χ3n) is 3.50. The summed E-state index contributed by atoms with van der Waals surface area (Å²) in [7, 11) is 2.81. The van der Waals surface area contributed by atoms with Gasteiger partial charge in [0.25, 0.3) is 0 Å². The Morgan fingerprint density at radius 3 is 2.00 bits per heavy atom. The summed E-state index contributed by atoms with van der Waals surface area (Å²) in [6.45, 7) is 1.25. The van der Waals surface area contributed by atoms with Crippen LogP contribution in [-0.4, -0.2) is 70.1 Å². The molecule has 0 heterocycles. The van der Waals surface area contributed by atoms with E-state index in [0.29, 0.717) is 12.7 Å². The van der Waals surface area contributed by atoms with Crippen LogP contribution in [0.3, 0.4) is 0 Å². The van der Waals surface area contributed by atoms with Crippen molar-refractivity contribution in [2.24, 2.45) is 5.92 Å². The van der Waals surface area contributed by atoms with Gasteiger partial charge in [-0.2, -0.15) is 0 Å². The molecule has 2 amide bonds. The van der Waals surface area contributed by atoms with Gasteiger partial charge in [0.1, 0.15) is 37.2 Å². The fraction of sp³-hybridized carbons (Fsp3) is 0.706. The number of rotatable bonds is 14. The second kappa shape index (κ2) is 14.7. The van der Waals surface area contributed by atoms with Crippen molar-refractivity contribution in [2.75, 3.05) is 33.9 Å². The molecule has 0 aromatic heterocycles. The zero-order valence-electron chi connectivity index (χ0n) is 15.9. The number of alkyl carbamates (subject to hydrolysis) is 2. The van der Waals surface area contributed by atoms with E-state index in [1.807, 2.05) is 0 Å². The number of carbonyl (C=O) groups is 5. The predicted octanol–water partition coefficient (Wildman–Crippen LogP) is 0.617. The second-order valence-corrected chi connectivity index (χ2v) is 5.77. The monoisotopic (exact) mass is 388 g/mol. The van der Waals surface area contributed by atoms with Crippen LogP contribution in [0.15, 0.2) is 0 Å². The molecule has 10 heteroatoms. The summed E-state index contributed by atoms with van der Waals surface area (Å²) in [5.74, 6) is -0.936. The van der Waals surface area contributed by atoms with Gasteiger partial charge in [0.15, 0.2) is 0 Å². The van der Waals surface area contributed by atoms with E-state index in [4.69, 9.17) is 14.2 Å². The Hall–Kier alpha value is -2.49. The van der Waals surface area contributed by atoms with E-state index in [1.54, 1.807) is 0 Å². The Morgan fingerprint density at radius 2 is 1.56 bits per heavy atom. The van der Waals surface area contributed by atoms with Crippen molar-refractivity contribution in [3.8, 4) is 0 Å². The quantitative estimate of drug-likeness (QED) is 0.326. The van der Waals surface area contributed by atoms with E-state index in [0.717, 1.165) is 0 Å². The highest BCUT2D eigenvalue weighted by Gasteiger charge is 2.20. The molecule has 2 N–H and O–H groups in total. The SMILES string of the molecule is CNC(=O)OCC(COC(=O)NC)OCCCC(=O)C(CC=O)CC(C)=O. The molecule has 0 radical (unpaired) electrons. The summed E-state index contributed by atoms with van der Waals surface area (Å²) in [4.78, 5) is 56.2. The number of Topliss-reactive ketones (excluding diaryl/α,β-unsaturated/α-hetero) is 2. The lowest BCUT2D eigenvalue weighted by Gasteiger charge is -2.18. The molecule has 27 heavy (non-hydrogen) atoms. The Bertz CT molecular complexity index is 489. The molecule has 0 aliphatic heterocycles. The molecule has 0 saturated carbocycles. The van der Waals surface area contributed by atoms with Crippen molar-refractivity contribution in [3.63, 3.8) is 0 Å². The van der Waals surface area contributed by atoms with Crippen LogP contribution in [0.4, 0.5) is 9.59 Å². The van der Waals surface area contributed by atoms with E-state index in [-0.39, 0.29) is 50.6 Å². The van der Waals surface area contributed by atoms with E-state index < -0.39 is 24.2 Å². The highest BCUT2D eigenvalue weighted by molar-refractivity contribution is 5.88. The Kier molecular flexibility index (Phi) is 13.3. The third-order valence-corrected chi connectivity index (χ3v) is 3.50. The molecule has 10 nitrogen and oxygen atoms in total. The highest BCUT2D eigenvalue weighted by atomic mass is 16.6. The predicted molar refractivity (Wildman–Crippen MR) is 94.3 cm³/mol. The van der Waals surface area contributed by atoms with Crippen LogP contribution in [0, 0.1) is 5.92 Å². The number of aldehydes is 1. The van der Waals surface area contributed by atoms with E-state index in [1.165, 1.54) is 21.0 Å². The average Bonchev–Trinajstić information content (AvgIpc) is 2.64. The number of carbonyl (C=O) groups excluding carboxylic acids is 5. The first-order valence-corrected chi connectivity index (χ1v) is 8.60. The maximum Gasteiger partial charge on any atom is 0.406 e. The standard InChI is InChI=1S/C17H28N2O8/c1-12(21)9-13(6-7-20)15(22)5-4-8-25-14(10-26-16(23)18-2)11-27-17(24)19-3/h7,13-14H,4-6,8-11H2,1-3H3,(H,18,23)(H,19,24). The minimum atomic E-state index is -0.697. The molecule has 1 unspecified atom stereocenters. The summed E-state index contributed by atoms with van der Waals surface area (Å²) in [5.41, 5.74) is 0. The van der Waals surface area contributed by atoms with Crippen LogP contribution in [0.2, 0.25) is 0 Å². The van der Waals surface area contributed by atoms with Crippen molar-refractivity contribution in [1.29, 1.82) is 0 Å². The molecular weight excluding hydrogens is 360 g/mol. The minimum Gasteiger partial charge on any atom is -0.447 e. The number of ether oxygens (including phenoxy) is 3. The van der Waals surface area contributed by atoms with Crippen LogP contribution in [0.1, 0.15) is 32.6 Å². The maximum atomic E-state index is 12.1. The van der Waals surface area contributed by atoms with Gasteiger partial charge in [-0.15, -0.1) is 0 Å². The average molecular weight is 388 g/mol. The molecule has 0 fully saturated rings. The zero-order valence-corrected chi connectivity index (χ0v) is 15.9. The molecule has 0 aromatic rings. The maximum absolute atomic E-state index is 12.1. The first kappa shape index (κ1) is 24.5. The van der Waals surface area contributed by atoms with Gasteiger partial charge >= 0.3 is 12.2 Å². The lowest BCUT2D eigenvalue weighted by atomic mass is 9.92. The van der Waals surface area contributed by atoms with E-state index in [9.17, 15) is 24.0 Å². The molecular formula is C17H28N2O8. The largest absolute Gasteiger partial charge is 0.447 e. The Labute approximate surface area is 158 Å². The highest BCUT2D eigenvalue weighted by Crippen LogP contribution is 2.13. The second-order valence-electron chi connectivity index (χ2n) is 5.77. The summed E-state index contributed by atoms with van der Waals surface area (Å²) in [6.07, 6.45) is -0.821. The molecule has 154 valence electrons. The van der Waals surface area contributed by atoms with Crippen molar-refractivity contribution in [2.45, 2.75) is 38.7 Å². The van der Waals surface area contributed by atoms with E-state index in [2.05, 4.69) is 10.6 Å². The van der Waals surface area contributed by atoms with Gasteiger partial charge in [-0.1, -0.05) is 0 Å². The van der Waals surface area contributed by atoms with Gasteiger partial charge in [0, 0.05) is 45.9 Å². The van der Waals surface area contributed by atoms with Gasteiger partial charge < -0.3 is 34.4 Å². The fourth-order valence-electron chi connectivity index (χ4n) is 2.12. The van der Waals surface area contributed by atoms with Crippen LogP contribution in [-0.2, 0) is 28.6 Å². The molecule has 0 bridgehead atoms. The normalized spacial score (nSPS) is 11.4. The molecule has 0 rings (SSSR count). The zero-order chi connectivity index (χ0) is 20.7. The topological polar surface area (TPSA) is 137 Å². The van der Waals surface area contributed by atoms with Crippen LogP contribution >= 0.6 is 0 Å². The summed E-state index contributed by atoms with van der Waals surface area (Å²) < 4.78 is 15.3. The Morgan fingerprint density at radius 1 is 1.00 bits per heavy atom. The molecule has 0 aliphatic carbocycles. The number of amides is 2. The minimum absolute atomic E-state index is 0.0157. The first-order valence-electron chi connectivity index (χ1n) is 8.60. The summed E-state index contributed by atoms with van der Waals surface area (Å²) in [5, 5.41) is 4.56. The number of hydrogen-bond donors (Lipinski definition) is 2. The molecule has 0 aliphatic rings. The third kappa shape index (κ3) is 12.5. The van der Waals surface area contributed by atoms with E-state index >= 15 is 0 Å². The fourth-order valence-corrected chi connectivity index (χ4v) is 2.12. The first-order chi connectivity index (χ1) is 12.8. The Balaban J connectivity index is 4.39. The number of hydrogen-bond acceptors (Lipinski definition) is 8. The summed E-state index contributed by atoms with van der Waals surface area (Å²) in [6, 6.07) is 0. The van der Waals surface area contributed by atoms with Gasteiger partial charge in [-0.25, -0.2) is 9.59 Å². The van der Waals surface area contributed by atoms with Crippen molar-refractivity contribution in [1.82, 2.24) is 10.6 Å². The van der Waals surface area contributed by atoms with Crippen molar-refractivity contribution < 1.29 is 38.2 Å². The van der Waals surface area contributed by atoms with Gasteiger partial charge in [0.2, 0.25) is 0 Å². The van der Waals surface area contributed by atoms with Crippen LogP contribution in [0.25, 0.3) is 0 Å². The summed E-state index contributed by atoms with van der Waals surface area (Å²) >= 11 is 0. The molecule has 0 aromatic carbocycles. The lowest BCUT2D eigenvalue weighted by Crippen LogP contribution is -2.33. The van der Waals surface area contributed by atoms with Crippen LogP contribution < -0.4 is 10.6 Å². The van der Waals surface area contributed by atoms with Crippen LogP contribution in [0.5, 0.6) is 0 Å². The molecule has 0 spiro atoms. The molecule has 1 atom stereocenters. The van der Waals surface area contributed by atoms with Gasteiger partial charge in [-0.05, 0) is 13.3 Å². The van der Waals surface area contributed by atoms with Gasteiger partial charge in [0.05, 0.1) is 0 Å². The van der Waals surface area contributed by atoms with Gasteiger partial charge in [-0.3, -0.25) is 4.79 Å². The smallest absolute Gasteiger partial charge is 0.406 e.